The van der Waals surface area contributed by atoms with Gasteiger partial charge in [-0.15, -0.1) is 15.0 Å². The maximum absolute atomic E-state index is 5.18. The van der Waals surface area contributed by atoms with Gasteiger partial charge < -0.3 is 4.57 Å². The number of tetrazole rings is 1. The van der Waals surface area contributed by atoms with Gasteiger partial charge in [0.2, 0.25) is 5.82 Å². The number of nitrogens with zero attached hydrogens (tertiary/aromatic N) is 9. The summed E-state index contributed by atoms with van der Waals surface area (Å²) in [6.07, 6.45) is 0.817. The molecule has 0 saturated carbocycles. The number of hydrogen-bond acceptors (Lipinski definition) is 6. The summed E-state index contributed by atoms with van der Waals surface area (Å²) in [6, 6.07) is 47.6. The molecule has 9 nitrogen and oxygen atoms in total. The molecule has 9 aromatic rings. The monoisotopic (exact) mass is 769 g/mol. The van der Waals surface area contributed by atoms with Crippen molar-refractivity contribution >= 4 is 38.0 Å². The van der Waals surface area contributed by atoms with Crippen LogP contribution in [0.25, 0.3) is 39.1 Å². The first kappa shape index (κ1) is 33.6. The Balaban J connectivity index is 1.14. The van der Waals surface area contributed by atoms with Crippen LogP contribution in [0, 0.1) is 13.8 Å². The third-order valence-electron chi connectivity index (χ3n) is 10.1. The predicted molar refractivity (Wildman–Crippen MR) is 216 cm³/mol. The fraction of sp³-hybridized carbons (Fsp3) is 0.136. The van der Waals surface area contributed by atoms with Crippen LogP contribution in [0.15, 0.2) is 144 Å². The first-order valence-corrected chi connectivity index (χ1v) is 18.8. The summed E-state index contributed by atoms with van der Waals surface area (Å²) in [5, 5.41) is 20.8. The average Bonchev–Trinajstić information content (AvgIpc) is 3.93. The highest BCUT2D eigenvalue weighted by atomic mass is 79.9. The summed E-state index contributed by atoms with van der Waals surface area (Å²) in [7, 11) is 0. The van der Waals surface area contributed by atoms with Crippen molar-refractivity contribution < 1.29 is 0 Å². The highest BCUT2D eigenvalue weighted by molar-refractivity contribution is 9.10. The van der Waals surface area contributed by atoms with Gasteiger partial charge in [0.05, 0.1) is 17.7 Å². The molecule has 0 aliphatic rings. The first-order chi connectivity index (χ1) is 26.4. The van der Waals surface area contributed by atoms with Crippen LogP contribution in [0.2, 0.25) is 0 Å². The molecule has 0 bridgehead atoms. The van der Waals surface area contributed by atoms with Gasteiger partial charge in [0, 0.05) is 23.1 Å². The summed E-state index contributed by atoms with van der Waals surface area (Å²) in [4.78, 5) is 11.6. The van der Waals surface area contributed by atoms with E-state index in [-0.39, 0.29) is 0 Å². The average molecular weight is 771 g/mol. The molecule has 4 heterocycles. The van der Waals surface area contributed by atoms with Crippen molar-refractivity contribution in [1.82, 2.24) is 44.5 Å². The summed E-state index contributed by atoms with van der Waals surface area (Å²) in [6.45, 7) is 6.93. The van der Waals surface area contributed by atoms with E-state index in [1.165, 1.54) is 0 Å². The number of halogens is 1. The Morgan fingerprint density at radius 2 is 1.31 bits per heavy atom. The van der Waals surface area contributed by atoms with Crippen LogP contribution < -0.4 is 0 Å². The van der Waals surface area contributed by atoms with E-state index < -0.39 is 5.54 Å². The molecule has 0 unspecified atom stereocenters. The minimum absolute atomic E-state index is 0.488. The summed E-state index contributed by atoms with van der Waals surface area (Å²) < 4.78 is 4.99. The zero-order valence-electron chi connectivity index (χ0n) is 30.1. The molecule has 4 aromatic heterocycles. The van der Waals surface area contributed by atoms with Crippen molar-refractivity contribution in [3.05, 3.63) is 183 Å². The van der Waals surface area contributed by atoms with Gasteiger partial charge in [-0.2, -0.15) is 5.10 Å². The number of para-hydroxylation sites is 1. The lowest BCUT2D eigenvalue weighted by atomic mass is 9.77. The molecule has 0 aliphatic carbocycles. The Morgan fingerprint density at radius 1 is 0.685 bits per heavy atom. The number of aromatic nitrogens is 9. The van der Waals surface area contributed by atoms with E-state index in [4.69, 9.17) is 30.5 Å². The van der Waals surface area contributed by atoms with Crippen molar-refractivity contribution in [3.63, 3.8) is 0 Å². The number of pyridine rings is 1. The first-order valence-electron chi connectivity index (χ1n) is 18.0. The predicted octanol–water partition coefficient (Wildman–Crippen LogP) is 9.25. The molecular weight excluding hydrogens is 734 g/mol. The highest BCUT2D eigenvalue weighted by Crippen LogP contribution is 2.40. The number of benzene rings is 5. The maximum Gasteiger partial charge on any atom is 0.207 e. The largest absolute Gasteiger partial charge is 0.308 e. The van der Waals surface area contributed by atoms with Crippen molar-refractivity contribution in [2.45, 2.75) is 39.3 Å². The summed E-state index contributed by atoms with van der Waals surface area (Å²) in [5.74, 6) is 1.51. The van der Waals surface area contributed by atoms with Crippen molar-refractivity contribution in [2.24, 2.45) is 0 Å². The molecule has 0 aliphatic heterocycles. The number of rotatable bonds is 9. The van der Waals surface area contributed by atoms with Crippen LogP contribution in [-0.2, 0) is 18.5 Å². The molecule has 0 amide bonds. The number of hydrogen-bond donors (Lipinski definition) is 0. The Labute approximate surface area is 321 Å². The molecule has 0 spiro atoms. The quantitative estimate of drug-likeness (QED) is 0.136. The van der Waals surface area contributed by atoms with Gasteiger partial charge in [-0.3, -0.25) is 0 Å². The number of aryl methyl sites for hydroxylation is 3. The van der Waals surface area contributed by atoms with E-state index in [0.717, 1.165) is 83.7 Å². The lowest BCUT2D eigenvalue weighted by Gasteiger charge is -2.34. The van der Waals surface area contributed by atoms with Gasteiger partial charge in [0.25, 0.3) is 0 Å². The zero-order valence-corrected chi connectivity index (χ0v) is 31.7. The molecular formula is C44H36BrN9. The molecule has 0 fully saturated rings. The second-order valence-electron chi connectivity index (χ2n) is 13.5. The lowest BCUT2D eigenvalue weighted by Crippen LogP contribution is -2.39. The van der Waals surface area contributed by atoms with Gasteiger partial charge in [-0.25, -0.2) is 14.6 Å². The smallest absolute Gasteiger partial charge is 0.207 e. The van der Waals surface area contributed by atoms with E-state index in [1.54, 1.807) is 4.80 Å². The molecule has 0 saturated heterocycles. The SMILES string of the molecule is CCc1nc2c(C)cc(C)nc2n1Cc1ccc2nn(-c3ccccc3-c3nnn(C(c4ccccc4)(c4ccccc4)c4ccccc4)n3)c(Br)c2c1. The third kappa shape index (κ3) is 5.52. The summed E-state index contributed by atoms with van der Waals surface area (Å²) in [5.41, 5.74) is 9.82. The Hall–Kier alpha value is -6.26. The molecule has 0 N–H and O–H groups in total. The fourth-order valence-corrected chi connectivity index (χ4v) is 8.21. The Bertz CT molecular complexity index is 2670. The van der Waals surface area contributed by atoms with Crippen LogP contribution in [0.5, 0.6) is 0 Å². The fourth-order valence-electron chi connectivity index (χ4n) is 7.62. The van der Waals surface area contributed by atoms with Crippen LogP contribution in [-0.4, -0.2) is 44.5 Å². The van der Waals surface area contributed by atoms with E-state index in [9.17, 15) is 0 Å². The third-order valence-corrected chi connectivity index (χ3v) is 10.9. The molecule has 9 rings (SSSR count). The molecule has 0 atom stereocenters. The van der Waals surface area contributed by atoms with Crippen LogP contribution in [0.1, 0.15) is 46.3 Å². The Morgan fingerprint density at radius 3 is 1.96 bits per heavy atom. The molecule has 0 radical (unpaired) electrons. The second-order valence-corrected chi connectivity index (χ2v) is 14.3. The van der Waals surface area contributed by atoms with E-state index in [1.807, 2.05) is 90.5 Å². The lowest BCUT2D eigenvalue weighted by molar-refractivity contribution is 0.396. The van der Waals surface area contributed by atoms with Gasteiger partial charge >= 0.3 is 0 Å². The summed E-state index contributed by atoms with van der Waals surface area (Å²) >= 11 is 3.93. The van der Waals surface area contributed by atoms with Crippen molar-refractivity contribution in [2.75, 3.05) is 0 Å². The standard InChI is InChI=1S/C44H36BrN9/c1-4-39-47-40-29(2)26-30(3)46-43(40)52(39)28-31-24-25-37-36(27-31)41(45)53(49-37)38-23-15-14-22-35(38)42-48-51-54(50-42)44(32-16-8-5-9-17-32,33-18-10-6-11-19-33)34-20-12-7-13-21-34/h5-27H,4,28H2,1-3H3. The van der Waals surface area contributed by atoms with Crippen molar-refractivity contribution in [1.29, 1.82) is 0 Å². The topological polar surface area (TPSA) is 92.1 Å². The van der Waals surface area contributed by atoms with E-state index in [0.29, 0.717) is 12.4 Å². The van der Waals surface area contributed by atoms with E-state index >= 15 is 0 Å². The molecule has 5 aromatic carbocycles. The molecule has 10 heteroatoms. The number of fused-ring (bicyclic) bond motifs is 2. The minimum Gasteiger partial charge on any atom is -0.308 e. The minimum atomic E-state index is -0.882. The van der Waals surface area contributed by atoms with E-state index in [2.05, 4.69) is 95.0 Å². The normalized spacial score (nSPS) is 11.9. The molecule has 54 heavy (non-hydrogen) atoms. The number of imidazole rings is 1. The van der Waals surface area contributed by atoms with Crippen LogP contribution in [0.4, 0.5) is 0 Å². The van der Waals surface area contributed by atoms with Gasteiger partial charge in [-0.05, 0) is 93.1 Å². The maximum atomic E-state index is 5.18. The Kier molecular flexibility index (Phi) is 8.47. The van der Waals surface area contributed by atoms with Crippen LogP contribution >= 0.6 is 15.9 Å². The van der Waals surface area contributed by atoms with Crippen molar-refractivity contribution in [3.8, 4) is 17.1 Å². The second kappa shape index (κ2) is 13.6. The zero-order chi connectivity index (χ0) is 36.8. The van der Waals surface area contributed by atoms with Gasteiger partial charge in [-0.1, -0.05) is 116 Å². The van der Waals surface area contributed by atoms with Gasteiger partial charge in [0.15, 0.2) is 11.2 Å². The highest BCUT2D eigenvalue weighted by Gasteiger charge is 2.41. The molecule has 264 valence electrons. The van der Waals surface area contributed by atoms with Crippen LogP contribution in [0.3, 0.4) is 0 Å². The van der Waals surface area contributed by atoms with Gasteiger partial charge in [0.1, 0.15) is 15.9 Å².